The van der Waals surface area contributed by atoms with Crippen LogP contribution in [0.3, 0.4) is 0 Å². The number of carbonyl (C=O) groups excluding carboxylic acids is 4. The highest BCUT2D eigenvalue weighted by atomic mass is 32.2. The van der Waals surface area contributed by atoms with Crippen LogP contribution in [0.5, 0.6) is 11.6 Å². The van der Waals surface area contributed by atoms with Crippen LogP contribution < -0.4 is 24.8 Å². The zero-order valence-corrected chi connectivity index (χ0v) is 33.6. The molecule has 3 fully saturated rings. The van der Waals surface area contributed by atoms with Crippen LogP contribution in [0.4, 0.5) is 4.39 Å². The molecule has 6 rings (SSSR count). The second-order valence-electron chi connectivity index (χ2n) is 17.1. The normalized spacial score (nSPS) is 30.1. The number of carbonyl (C=O) groups is 4. The van der Waals surface area contributed by atoms with Crippen molar-refractivity contribution in [2.24, 2.45) is 23.2 Å². The number of halogens is 1. The summed E-state index contributed by atoms with van der Waals surface area (Å²) in [6, 6.07) is 2.31. The maximum atomic E-state index is 14.9. The van der Waals surface area contributed by atoms with Crippen LogP contribution in [0.25, 0.3) is 10.8 Å². The van der Waals surface area contributed by atoms with Crippen molar-refractivity contribution in [2.45, 2.75) is 121 Å². The van der Waals surface area contributed by atoms with Crippen LogP contribution in [0, 0.1) is 29.0 Å². The SMILES string of the molecule is CCC1(S(=O)(=O)NC(=O)[C@@]23C[C@H]2/C=C\CC[C@@H](C)C[C@@H](C)[C@H](NC(=O)C(C)(C)C)C(=O)N2C[C@H](Oc4nccc5cc(OC)c(F)cc45)C[C@H]2C(=O)N3)CC1. The standard InChI is InChI=1S/C40H54FN5O8S/c1-8-39(14-15-39)55(51,52)45-37(50)40-21-26(40)12-10-9-11-23(2)17-24(3)32(43-36(49)38(4,5)6)35(48)46-22-27(19-30(46)33(47)44-40)54-34-28-20-29(41)31(53-7)18-25(28)13-16-42-34/h10,12-13,16,18,20,23-24,26-27,30,32H,8-9,11,14-15,17,19,21-22H2,1-7H3,(H,43,49)(H,44,47)(H,45,50)/b12-10-/t23-,24-,26-,27-,30+,32+,40-/m1/s1. The number of pyridine rings is 1. The van der Waals surface area contributed by atoms with Gasteiger partial charge in [0, 0.05) is 29.3 Å². The van der Waals surface area contributed by atoms with Crippen molar-refractivity contribution in [3.8, 4) is 11.6 Å². The van der Waals surface area contributed by atoms with Crippen molar-refractivity contribution in [3.63, 3.8) is 0 Å². The number of methoxy groups -OCH3 is 1. The summed E-state index contributed by atoms with van der Waals surface area (Å²) < 4.78 is 54.5. The molecular formula is C40H54FN5O8S. The number of benzene rings is 1. The van der Waals surface area contributed by atoms with Crippen molar-refractivity contribution in [1.82, 2.24) is 25.2 Å². The van der Waals surface area contributed by atoms with Crippen LogP contribution in [-0.4, -0.2) is 84.1 Å². The molecule has 1 saturated heterocycles. The third kappa shape index (κ3) is 8.04. The second-order valence-corrected chi connectivity index (χ2v) is 19.2. The van der Waals surface area contributed by atoms with Gasteiger partial charge in [-0.15, -0.1) is 0 Å². The van der Waals surface area contributed by atoms with Gasteiger partial charge in [-0.2, -0.15) is 0 Å². The first-order valence-corrected chi connectivity index (χ1v) is 20.8. The third-order valence-electron chi connectivity index (χ3n) is 11.9. The summed E-state index contributed by atoms with van der Waals surface area (Å²) in [5.41, 5.74) is -2.36. The average molecular weight is 784 g/mol. The number of nitrogens with zero attached hydrogens (tertiary/aromatic N) is 2. The minimum Gasteiger partial charge on any atom is -0.494 e. The number of aromatic nitrogens is 1. The maximum Gasteiger partial charge on any atom is 0.259 e. The van der Waals surface area contributed by atoms with E-state index in [0.29, 0.717) is 42.9 Å². The molecule has 2 aliphatic carbocycles. The summed E-state index contributed by atoms with van der Waals surface area (Å²) in [5.74, 6) is -3.36. The average Bonchev–Trinajstić information content (AvgIpc) is 4.02. The van der Waals surface area contributed by atoms with E-state index in [1.54, 1.807) is 33.8 Å². The van der Waals surface area contributed by atoms with Gasteiger partial charge in [-0.05, 0) is 80.4 Å². The number of rotatable bonds is 8. The van der Waals surface area contributed by atoms with Gasteiger partial charge < -0.3 is 25.0 Å². The molecule has 7 atom stereocenters. The topological polar surface area (TPSA) is 173 Å². The molecule has 2 saturated carbocycles. The Morgan fingerprint density at radius 2 is 1.87 bits per heavy atom. The molecule has 15 heteroatoms. The fourth-order valence-electron chi connectivity index (χ4n) is 8.00. The van der Waals surface area contributed by atoms with Crippen molar-refractivity contribution < 1.29 is 41.5 Å². The highest BCUT2D eigenvalue weighted by Gasteiger charge is 2.63. The molecule has 300 valence electrons. The summed E-state index contributed by atoms with van der Waals surface area (Å²) in [4.78, 5) is 62.5. The number of amides is 4. The lowest BCUT2D eigenvalue weighted by molar-refractivity contribution is -0.144. The molecule has 3 N–H and O–H groups in total. The number of hydrogen-bond acceptors (Lipinski definition) is 9. The first-order chi connectivity index (χ1) is 25.8. The summed E-state index contributed by atoms with van der Waals surface area (Å²) >= 11 is 0. The van der Waals surface area contributed by atoms with Crippen molar-refractivity contribution in [1.29, 1.82) is 0 Å². The smallest absolute Gasteiger partial charge is 0.259 e. The minimum atomic E-state index is -4.02. The molecule has 13 nitrogen and oxygen atoms in total. The van der Waals surface area contributed by atoms with Gasteiger partial charge in [0.2, 0.25) is 33.6 Å². The fourth-order valence-corrected chi connectivity index (χ4v) is 9.66. The summed E-state index contributed by atoms with van der Waals surface area (Å²) in [6.07, 6.45) is 8.01. The molecule has 0 radical (unpaired) electrons. The van der Waals surface area contributed by atoms with Gasteiger partial charge in [-0.3, -0.25) is 23.9 Å². The second kappa shape index (κ2) is 15.0. The van der Waals surface area contributed by atoms with Crippen LogP contribution in [0.15, 0.2) is 36.5 Å². The van der Waals surface area contributed by atoms with Gasteiger partial charge in [-0.1, -0.05) is 53.7 Å². The van der Waals surface area contributed by atoms with Crippen molar-refractivity contribution >= 4 is 44.4 Å². The van der Waals surface area contributed by atoms with E-state index in [-0.39, 0.29) is 48.8 Å². The van der Waals surface area contributed by atoms with Crippen LogP contribution in [0.1, 0.15) is 92.9 Å². The molecule has 0 bridgehead atoms. The van der Waals surface area contributed by atoms with Gasteiger partial charge in [0.05, 0.1) is 18.4 Å². The largest absolute Gasteiger partial charge is 0.494 e. The first-order valence-electron chi connectivity index (χ1n) is 19.3. The molecule has 4 aliphatic rings. The number of hydrogen-bond donors (Lipinski definition) is 3. The van der Waals surface area contributed by atoms with Crippen LogP contribution in [0.2, 0.25) is 0 Å². The quantitative estimate of drug-likeness (QED) is 0.325. The van der Waals surface area contributed by atoms with E-state index >= 15 is 0 Å². The minimum absolute atomic E-state index is 0.0194. The van der Waals surface area contributed by atoms with Gasteiger partial charge in [0.1, 0.15) is 23.7 Å². The Balaban J connectivity index is 1.36. The molecule has 0 spiro atoms. The summed E-state index contributed by atoms with van der Waals surface area (Å²) in [5, 5.41) is 6.84. The van der Waals surface area contributed by atoms with Crippen molar-refractivity contribution in [2.75, 3.05) is 13.7 Å². The number of sulfonamides is 1. The Bertz CT molecular complexity index is 2000. The molecule has 3 heterocycles. The van der Waals surface area contributed by atoms with Crippen molar-refractivity contribution in [3.05, 3.63) is 42.4 Å². The van der Waals surface area contributed by atoms with Gasteiger partial charge in [0.25, 0.3) is 5.91 Å². The van der Waals surface area contributed by atoms with E-state index in [4.69, 9.17) is 9.47 Å². The zero-order valence-electron chi connectivity index (χ0n) is 32.7. The lowest BCUT2D eigenvalue weighted by Gasteiger charge is -2.34. The van der Waals surface area contributed by atoms with E-state index in [2.05, 4.69) is 27.3 Å². The number of allylic oxidation sites excluding steroid dienone is 1. The molecule has 0 unspecified atom stereocenters. The van der Waals surface area contributed by atoms with E-state index in [0.717, 1.165) is 6.42 Å². The Hall–Kier alpha value is -4.27. The van der Waals surface area contributed by atoms with E-state index in [1.807, 2.05) is 19.1 Å². The highest BCUT2D eigenvalue weighted by Crippen LogP contribution is 2.49. The molecule has 1 aromatic heterocycles. The number of ether oxygens (including phenoxy) is 2. The van der Waals surface area contributed by atoms with Gasteiger partial charge in [-0.25, -0.2) is 17.8 Å². The predicted octanol–water partition coefficient (Wildman–Crippen LogP) is 4.54. The molecular weight excluding hydrogens is 730 g/mol. The van der Waals surface area contributed by atoms with E-state index < -0.39 is 73.4 Å². The molecule has 2 aliphatic heterocycles. The predicted molar refractivity (Wildman–Crippen MR) is 204 cm³/mol. The molecule has 55 heavy (non-hydrogen) atoms. The fraction of sp³-hybridized carbons (Fsp3) is 0.625. The van der Waals surface area contributed by atoms with Crippen LogP contribution >= 0.6 is 0 Å². The molecule has 4 amide bonds. The third-order valence-corrected chi connectivity index (χ3v) is 14.2. The van der Waals surface area contributed by atoms with Gasteiger partial charge >= 0.3 is 0 Å². The Labute approximate surface area is 322 Å². The molecule has 1 aromatic carbocycles. The number of nitrogens with one attached hydrogen (secondary N) is 3. The van der Waals surface area contributed by atoms with Crippen LogP contribution in [-0.2, 0) is 29.2 Å². The highest BCUT2D eigenvalue weighted by molar-refractivity contribution is 7.91. The Kier molecular flexibility index (Phi) is 11.0. The van der Waals surface area contributed by atoms with E-state index in [1.165, 1.54) is 30.3 Å². The molecule has 2 aromatic rings. The summed E-state index contributed by atoms with van der Waals surface area (Å²) in [6.45, 7) is 11.0. The Morgan fingerprint density at radius 3 is 2.53 bits per heavy atom. The van der Waals surface area contributed by atoms with E-state index in [9.17, 15) is 32.0 Å². The number of fused-ring (bicyclic) bond motifs is 3. The zero-order chi connectivity index (χ0) is 40.1. The van der Waals surface area contributed by atoms with Gasteiger partial charge in [0.15, 0.2) is 11.6 Å². The first kappa shape index (κ1) is 40.4. The maximum absolute atomic E-state index is 14.9. The monoisotopic (exact) mass is 783 g/mol. The Morgan fingerprint density at radius 1 is 1.15 bits per heavy atom. The lowest BCUT2D eigenvalue weighted by atomic mass is 9.86. The summed E-state index contributed by atoms with van der Waals surface area (Å²) in [7, 11) is -2.66. The lowest BCUT2D eigenvalue weighted by Crippen LogP contribution is -2.60.